The second-order valence-corrected chi connectivity index (χ2v) is 5.66. The van der Waals surface area contributed by atoms with Crippen molar-refractivity contribution in [1.29, 1.82) is 0 Å². The lowest BCUT2D eigenvalue weighted by molar-refractivity contribution is 0.242. The molecule has 2 N–H and O–H groups in total. The van der Waals surface area contributed by atoms with Crippen molar-refractivity contribution in [2.45, 2.75) is 33.4 Å². The normalized spacial score (nSPS) is 11.3. The maximum atomic E-state index is 5.98. The van der Waals surface area contributed by atoms with Gasteiger partial charge in [0.25, 0.3) is 0 Å². The van der Waals surface area contributed by atoms with Gasteiger partial charge < -0.3 is 10.5 Å². The Hall–Kier alpha value is -2.33. The third-order valence-corrected chi connectivity index (χ3v) is 3.63. The highest BCUT2D eigenvalue weighted by Crippen LogP contribution is 2.27. The van der Waals surface area contributed by atoms with Crippen LogP contribution < -0.4 is 10.5 Å². The molecule has 1 aromatic carbocycles. The van der Waals surface area contributed by atoms with E-state index in [4.69, 9.17) is 15.5 Å². The van der Waals surface area contributed by atoms with Crippen LogP contribution in [-0.2, 0) is 6.54 Å². The predicted octanol–water partition coefficient (Wildman–Crippen LogP) is 3.56. The van der Waals surface area contributed by atoms with E-state index in [0.717, 1.165) is 34.0 Å². The van der Waals surface area contributed by atoms with E-state index in [1.807, 2.05) is 50.2 Å². The van der Waals surface area contributed by atoms with Crippen LogP contribution in [0.3, 0.4) is 0 Å². The molecule has 0 fully saturated rings. The quantitative estimate of drug-likeness (QED) is 0.800. The van der Waals surface area contributed by atoms with E-state index in [0.29, 0.717) is 6.54 Å². The number of hydrogen-bond acceptors (Lipinski definition) is 3. The fourth-order valence-electron chi connectivity index (χ4n) is 2.71. The number of nitrogens with zero attached hydrogens (tertiary/aromatic N) is 2. The molecule has 3 rings (SSSR count). The largest absolute Gasteiger partial charge is 0.491 e. The summed E-state index contributed by atoms with van der Waals surface area (Å²) < 4.78 is 7.81. The molecule has 0 spiro atoms. The van der Waals surface area contributed by atoms with Crippen molar-refractivity contribution in [2.24, 2.45) is 5.73 Å². The van der Waals surface area contributed by atoms with Crippen LogP contribution in [0, 0.1) is 6.92 Å². The van der Waals surface area contributed by atoms with Crippen molar-refractivity contribution >= 4 is 5.65 Å². The van der Waals surface area contributed by atoms with Crippen LogP contribution in [0.25, 0.3) is 16.9 Å². The molecule has 0 aliphatic heterocycles. The molecule has 0 saturated carbocycles. The number of aromatic nitrogens is 2. The Kier molecular flexibility index (Phi) is 3.86. The van der Waals surface area contributed by atoms with E-state index in [1.54, 1.807) is 0 Å². The summed E-state index contributed by atoms with van der Waals surface area (Å²) in [5, 5.41) is 0. The number of hydrogen-bond donors (Lipinski definition) is 1. The van der Waals surface area contributed by atoms with Gasteiger partial charge in [-0.3, -0.25) is 4.40 Å². The molecule has 2 heterocycles. The first-order valence-corrected chi connectivity index (χ1v) is 7.54. The van der Waals surface area contributed by atoms with Crippen molar-refractivity contribution in [3.8, 4) is 17.0 Å². The van der Waals surface area contributed by atoms with E-state index in [-0.39, 0.29) is 6.10 Å². The van der Waals surface area contributed by atoms with Gasteiger partial charge in [-0.1, -0.05) is 6.07 Å². The van der Waals surface area contributed by atoms with Crippen LogP contribution in [0.15, 0.2) is 42.5 Å². The molecule has 0 radical (unpaired) electrons. The Bertz CT molecular complexity index is 788. The van der Waals surface area contributed by atoms with Crippen LogP contribution >= 0.6 is 0 Å². The Labute approximate surface area is 130 Å². The lowest BCUT2D eigenvalue weighted by Gasteiger charge is -2.10. The standard InChI is InChI=1S/C18H21N3O/c1-12(2)22-15-9-7-14(8-10-15)18-16(11-19)21-13(3)5-4-6-17(21)20-18/h4-10,12H,11,19H2,1-3H3. The fraction of sp³-hybridized carbons (Fsp3) is 0.278. The summed E-state index contributed by atoms with van der Waals surface area (Å²) in [6.07, 6.45) is 0.170. The molecule has 0 atom stereocenters. The van der Waals surface area contributed by atoms with Crippen LogP contribution in [0.5, 0.6) is 5.75 Å². The van der Waals surface area contributed by atoms with Gasteiger partial charge in [0.05, 0.1) is 17.5 Å². The van der Waals surface area contributed by atoms with Crippen molar-refractivity contribution in [2.75, 3.05) is 0 Å². The molecule has 4 nitrogen and oxygen atoms in total. The SMILES string of the molecule is Cc1cccc2nc(-c3ccc(OC(C)C)cc3)c(CN)n12. The van der Waals surface area contributed by atoms with Gasteiger partial charge in [0.15, 0.2) is 0 Å². The van der Waals surface area contributed by atoms with Gasteiger partial charge in [-0.25, -0.2) is 4.98 Å². The lowest BCUT2D eigenvalue weighted by atomic mass is 10.1. The second kappa shape index (κ2) is 5.81. The number of imidazole rings is 1. The van der Waals surface area contributed by atoms with Gasteiger partial charge in [0.2, 0.25) is 0 Å². The molecule has 0 bridgehead atoms. The zero-order valence-electron chi connectivity index (χ0n) is 13.2. The molecule has 114 valence electrons. The Morgan fingerprint density at radius 3 is 2.50 bits per heavy atom. The van der Waals surface area contributed by atoms with Crippen LogP contribution in [0.4, 0.5) is 0 Å². The fourth-order valence-corrected chi connectivity index (χ4v) is 2.71. The van der Waals surface area contributed by atoms with Gasteiger partial charge >= 0.3 is 0 Å². The highest BCUT2D eigenvalue weighted by molar-refractivity contribution is 5.67. The monoisotopic (exact) mass is 295 g/mol. The van der Waals surface area contributed by atoms with Crippen LogP contribution in [-0.4, -0.2) is 15.5 Å². The maximum absolute atomic E-state index is 5.98. The minimum Gasteiger partial charge on any atom is -0.491 e. The molecule has 0 saturated heterocycles. The first kappa shape index (κ1) is 14.6. The van der Waals surface area contributed by atoms with Gasteiger partial charge in [-0.2, -0.15) is 0 Å². The first-order chi connectivity index (χ1) is 10.6. The smallest absolute Gasteiger partial charge is 0.137 e. The second-order valence-electron chi connectivity index (χ2n) is 5.66. The predicted molar refractivity (Wildman–Crippen MR) is 89.0 cm³/mol. The number of fused-ring (bicyclic) bond motifs is 1. The van der Waals surface area contributed by atoms with Gasteiger partial charge in [0, 0.05) is 17.8 Å². The van der Waals surface area contributed by atoms with Gasteiger partial charge in [0.1, 0.15) is 11.4 Å². The summed E-state index contributed by atoms with van der Waals surface area (Å²) in [5.41, 5.74) is 11.1. The molecular weight excluding hydrogens is 274 g/mol. The molecule has 22 heavy (non-hydrogen) atoms. The Morgan fingerprint density at radius 1 is 1.14 bits per heavy atom. The van der Waals surface area contributed by atoms with Crippen LogP contribution in [0.2, 0.25) is 0 Å². The molecule has 0 aliphatic carbocycles. The summed E-state index contributed by atoms with van der Waals surface area (Å²) in [6, 6.07) is 14.1. The molecule has 3 aromatic rings. The first-order valence-electron chi connectivity index (χ1n) is 7.54. The number of ether oxygens (including phenoxy) is 1. The molecule has 2 aromatic heterocycles. The molecule has 0 amide bonds. The van der Waals surface area contributed by atoms with E-state index in [2.05, 4.69) is 17.4 Å². The highest BCUT2D eigenvalue weighted by Gasteiger charge is 2.14. The van der Waals surface area contributed by atoms with Gasteiger partial charge in [-0.15, -0.1) is 0 Å². The van der Waals surface area contributed by atoms with E-state index < -0.39 is 0 Å². The maximum Gasteiger partial charge on any atom is 0.137 e. The summed E-state index contributed by atoms with van der Waals surface area (Å²) in [4.78, 5) is 4.75. The van der Waals surface area contributed by atoms with E-state index in [9.17, 15) is 0 Å². The number of pyridine rings is 1. The zero-order chi connectivity index (χ0) is 15.7. The number of nitrogens with two attached hydrogens (primary N) is 1. The highest BCUT2D eigenvalue weighted by atomic mass is 16.5. The summed E-state index contributed by atoms with van der Waals surface area (Å²) >= 11 is 0. The third kappa shape index (κ3) is 2.57. The Balaban J connectivity index is 2.08. The minimum atomic E-state index is 0.170. The lowest BCUT2D eigenvalue weighted by Crippen LogP contribution is -2.05. The van der Waals surface area contributed by atoms with Crippen molar-refractivity contribution in [3.05, 3.63) is 53.9 Å². The number of rotatable bonds is 4. The number of benzene rings is 1. The Morgan fingerprint density at radius 2 is 1.86 bits per heavy atom. The summed E-state index contributed by atoms with van der Waals surface area (Å²) in [6.45, 7) is 6.56. The molecule has 0 unspecified atom stereocenters. The van der Waals surface area contributed by atoms with Crippen LogP contribution in [0.1, 0.15) is 25.2 Å². The molecular formula is C18H21N3O. The van der Waals surface area contributed by atoms with Crippen molar-refractivity contribution < 1.29 is 4.74 Å². The average Bonchev–Trinajstić information content (AvgIpc) is 2.87. The van der Waals surface area contributed by atoms with Gasteiger partial charge in [-0.05, 0) is 57.2 Å². The van der Waals surface area contributed by atoms with E-state index >= 15 is 0 Å². The molecule has 0 aliphatic rings. The topological polar surface area (TPSA) is 52.5 Å². The van der Waals surface area contributed by atoms with Crippen molar-refractivity contribution in [3.63, 3.8) is 0 Å². The summed E-state index contributed by atoms with van der Waals surface area (Å²) in [7, 11) is 0. The summed E-state index contributed by atoms with van der Waals surface area (Å²) in [5.74, 6) is 0.869. The average molecular weight is 295 g/mol. The minimum absolute atomic E-state index is 0.170. The van der Waals surface area contributed by atoms with Crippen molar-refractivity contribution in [1.82, 2.24) is 9.38 Å². The molecule has 4 heteroatoms. The third-order valence-electron chi connectivity index (χ3n) is 3.63. The number of aryl methyl sites for hydroxylation is 1. The van der Waals surface area contributed by atoms with E-state index in [1.165, 1.54) is 0 Å². The zero-order valence-corrected chi connectivity index (χ0v) is 13.2.